The van der Waals surface area contributed by atoms with Crippen LogP contribution in [0.3, 0.4) is 0 Å². The van der Waals surface area contributed by atoms with E-state index in [4.69, 9.17) is 9.47 Å². The zero-order valence-electron chi connectivity index (χ0n) is 22.8. The molecule has 0 radical (unpaired) electrons. The van der Waals surface area contributed by atoms with Crippen molar-refractivity contribution in [2.45, 2.75) is 6.92 Å². The fourth-order valence-electron chi connectivity index (χ4n) is 4.36. The van der Waals surface area contributed by atoms with Gasteiger partial charge in [0.2, 0.25) is 11.9 Å². The lowest BCUT2D eigenvalue weighted by Gasteiger charge is -2.26. The number of nitrogens with one attached hydrogen (secondary N) is 3. The summed E-state index contributed by atoms with van der Waals surface area (Å²) in [5, 5.41) is 8.90. The maximum Gasteiger partial charge on any atom is 0.255 e. The van der Waals surface area contributed by atoms with E-state index in [0.29, 0.717) is 29.6 Å². The number of amides is 2. The second kappa shape index (κ2) is 13.5. The Kier molecular flexibility index (Phi) is 9.15. The van der Waals surface area contributed by atoms with Gasteiger partial charge in [-0.25, -0.2) is 9.97 Å². The Balaban J connectivity index is 1.18. The first-order chi connectivity index (χ1) is 20.0. The van der Waals surface area contributed by atoms with E-state index in [9.17, 15) is 9.59 Å². The van der Waals surface area contributed by atoms with Crippen molar-refractivity contribution in [3.8, 4) is 17.0 Å². The van der Waals surface area contributed by atoms with Crippen molar-refractivity contribution in [1.29, 1.82) is 0 Å². The van der Waals surface area contributed by atoms with Crippen molar-refractivity contribution in [3.63, 3.8) is 0 Å². The van der Waals surface area contributed by atoms with Gasteiger partial charge in [-0.05, 0) is 54.6 Å². The van der Waals surface area contributed by atoms with Crippen molar-refractivity contribution < 1.29 is 19.1 Å². The van der Waals surface area contributed by atoms with Crippen LogP contribution < -0.4 is 20.7 Å². The van der Waals surface area contributed by atoms with E-state index in [-0.39, 0.29) is 11.8 Å². The Morgan fingerprint density at radius 1 is 0.902 bits per heavy atom. The lowest BCUT2D eigenvalue weighted by molar-refractivity contribution is -0.114. The molecule has 210 valence electrons. The summed E-state index contributed by atoms with van der Waals surface area (Å²) in [5.41, 5.74) is 4.19. The van der Waals surface area contributed by atoms with Gasteiger partial charge in [0, 0.05) is 60.9 Å². The van der Waals surface area contributed by atoms with Crippen LogP contribution in [0.1, 0.15) is 17.3 Å². The molecule has 3 N–H and O–H groups in total. The van der Waals surface area contributed by atoms with Crippen LogP contribution in [0.4, 0.5) is 23.0 Å². The minimum absolute atomic E-state index is 0.123. The first kappa shape index (κ1) is 27.8. The van der Waals surface area contributed by atoms with Gasteiger partial charge in [-0.3, -0.25) is 14.5 Å². The average molecular weight is 553 g/mol. The van der Waals surface area contributed by atoms with Crippen LogP contribution in [-0.4, -0.2) is 66.1 Å². The van der Waals surface area contributed by atoms with Crippen LogP contribution in [0.5, 0.6) is 5.75 Å². The molecule has 41 heavy (non-hydrogen) atoms. The Labute approximate surface area is 238 Å². The first-order valence-corrected chi connectivity index (χ1v) is 13.4. The number of hydrogen-bond donors (Lipinski definition) is 3. The molecule has 1 aliphatic rings. The molecule has 2 amide bonds. The van der Waals surface area contributed by atoms with Crippen LogP contribution in [0, 0.1) is 0 Å². The van der Waals surface area contributed by atoms with Gasteiger partial charge in [0.25, 0.3) is 5.91 Å². The van der Waals surface area contributed by atoms with Gasteiger partial charge in [-0.1, -0.05) is 24.3 Å². The molecular formula is C31H32N6O4. The summed E-state index contributed by atoms with van der Waals surface area (Å²) in [6.45, 7) is 6.16. The van der Waals surface area contributed by atoms with Gasteiger partial charge in [0.1, 0.15) is 12.4 Å². The number of rotatable bonds is 10. The molecule has 0 bridgehead atoms. The topological polar surface area (TPSA) is 118 Å². The number of anilines is 4. The number of aromatic nitrogens is 2. The summed E-state index contributed by atoms with van der Waals surface area (Å²) in [6, 6.07) is 23.8. The predicted octanol–water partition coefficient (Wildman–Crippen LogP) is 4.81. The SMILES string of the molecule is CC(=O)Nc1ccc(-c2ccnc(Nc3cccc(NC(=O)c4cccc(OCCN5CCOCC5)c4)c3)n2)cc1. The summed E-state index contributed by atoms with van der Waals surface area (Å²) in [7, 11) is 0. The summed E-state index contributed by atoms with van der Waals surface area (Å²) < 4.78 is 11.3. The van der Waals surface area contributed by atoms with E-state index in [0.717, 1.165) is 55.5 Å². The Morgan fingerprint density at radius 2 is 1.68 bits per heavy atom. The number of morpholine rings is 1. The highest BCUT2D eigenvalue weighted by atomic mass is 16.5. The molecule has 0 atom stereocenters. The van der Waals surface area contributed by atoms with Crippen molar-refractivity contribution in [3.05, 3.63) is 90.6 Å². The maximum absolute atomic E-state index is 13.0. The van der Waals surface area contributed by atoms with Gasteiger partial charge in [-0.15, -0.1) is 0 Å². The standard InChI is InChI=1S/C31H32N6O4/c1-22(38)33-25-10-8-23(9-11-25)29-12-13-32-31(36-29)35-27-6-3-5-26(21-27)34-30(39)24-4-2-7-28(20-24)41-19-16-37-14-17-40-18-15-37/h2-13,20-21H,14-19H2,1H3,(H,33,38)(H,34,39)(H,32,35,36). The molecule has 3 aromatic carbocycles. The van der Waals surface area contributed by atoms with E-state index >= 15 is 0 Å². The molecule has 0 spiro atoms. The minimum atomic E-state index is -0.235. The summed E-state index contributed by atoms with van der Waals surface area (Å²) in [5.74, 6) is 0.714. The average Bonchev–Trinajstić information content (AvgIpc) is 2.98. The molecule has 0 aliphatic carbocycles. The van der Waals surface area contributed by atoms with Gasteiger partial charge >= 0.3 is 0 Å². The normalized spacial score (nSPS) is 13.3. The fraction of sp³-hybridized carbons (Fsp3) is 0.226. The van der Waals surface area contributed by atoms with E-state index < -0.39 is 0 Å². The Morgan fingerprint density at radius 3 is 2.49 bits per heavy atom. The predicted molar refractivity (Wildman–Crippen MR) is 159 cm³/mol. The molecule has 1 aliphatic heterocycles. The van der Waals surface area contributed by atoms with Crippen molar-refractivity contribution in [1.82, 2.24) is 14.9 Å². The number of benzene rings is 3. The van der Waals surface area contributed by atoms with E-state index in [1.807, 2.05) is 66.7 Å². The number of carbonyl (C=O) groups is 2. The number of hydrogen-bond acceptors (Lipinski definition) is 8. The van der Waals surface area contributed by atoms with E-state index in [1.54, 1.807) is 18.3 Å². The highest BCUT2D eigenvalue weighted by Gasteiger charge is 2.12. The maximum atomic E-state index is 13.0. The first-order valence-electron chi connectivity index (χ1n) is 13.4. The zero-order chi connectivity index (χ0) is 28.4. The van der Waals surface area contributed by atoms with Crippen molar-refractivity contribution >= 4 is 34.8 Å². The molecule has 1 aromatic heterocycles. The minimum Gasteiger partial charge on any atom is -0.492 e. The number of nitrogens with zero attached hydrogens (tertiary/aromatic N) is 3. The third-order valence-electron chi connectivity index (χ3n) is 6.41. The molecule has 1 saturated heterocycles. The van der Waals surface area contributed by atoms with Gasteiger partial charge in [0.05, 0.1) is 18.9 Å². The molecule has 2 heterocycles. The molecule has 10 heteroatoms. The zero-order valence-corrected chi connectivity index (χ0v) is 22.8. The molecule has 1 fully saturated rings. The number of ether oxygens (including phenoxy) is 2. The smallest absolute Gasteiger partial charge is 0.255 e. The monoisotopic (exact) mass is 552 g/mol. The molecule has 4 aromatic rings. The lowest BCUT2D eigenvalue weighted by Crippen LogP contribution is -2.38. The molecule has 0 saturated carbocycles. The van der Waals surface area contributed by atoms with Crippen LogP contribution in [-0.2, 0) is 9.53 Å². The molecular weight excluding hydrogens is 520 g/mol. The third-order valence-corrected chi connectivity index (χ3v) is 6.41. The molecule has 5 rings (SSSR count). The van der Waals surface area contributed by atoms with Gasteiger partial charge in [-0.2, -0.15) is 0 Å². The summed E-state index contributed by atoms with van der Waals surface area (Å²) in [4.78, 5) is 35.5. The lowest BCUT2D eigenvalue weighted by atomic mass is 10.1. The van der Waals surface area contributed by atoms with Crippen molar-refractivity contribution in [2.24, 2.45) is 0 Å². The van der Waals surface area contributed by atoms with E-state index in [2.05, 4.69) is 30.8 Å². The summed E-state index contributed by atoms with van der Waals surface area (Å²) >= 11 is 0. The second-order valence-corrected chi connectivity index (χ2v) is 9.51. The van der Waals surface area contributed by atoms with Crippen LogP contribution in [0.15, 0.2) is 85.1 Å². The molecule has 0 unspecified atom stereocenters. The van der Waals surface area contributed by atoms with Crippen LogP contribution in [0.2, 0.25) is 0 Å². The van der Waals surface area contributed by atoms with Crippen molar-refractivity contribution in [2.75, 3.05) is 55.4 Å². The third kappa shape index (κ3) is 8.10. The highest BCUT2D eigenvalue weighted by Crippen LogP contribution is 2.23. The largest absolute Gasteiger partial charge is 0.492 e. The Hall–Kier alpha value is -4.80. The highest BCUT2D eigenvalue weighted by molar-refractivity contribution is 6.04. The van der Waals surface area contributed by atoms with E-state index in [1.165, 1.54) is 6.92 Å². The van der Waals surface area contributed by atoms with Gasteiger partial charge in [0.15, 0.2) is 0 Å². The second-order valence-electron chi connectivity index (χ2n) is 9.51. The van der Waals surface area contributed by atoms with Crippen LogP contribution >= 0.6 is 0 Å². The molecule has 10 nitrogen and oxygen atoms in total. The van der Waals surface area contributed by atoms with Crippen LogP contribution in [0.25, 0.3) is 11.3 Å². The summed E-state index contributed by atoms with van der Waals surface area (Å²) in [6.07, 6.45) is 1.67. The fourth-order valence-corrected chi connectivity index (χ4v) is 4.36. The Bertz CT molecular complexity index is 1490. The number of carbonyl (C=O) groups excluding carboxylic acids is 2. The van der Waals surface area contributed by atoms with Gasteiger partial charge < -0.3 is 25.4 Å². The quantitative estimate of drug-likeness (QED) is 0.257.